The molecule has 3 N–H and O–H groups in total. The van der Waals surface area contributed by atoms with Gasteiger partial charge in [0.15, 0.2) is 0 Å². The molecule has 0 heterocycles. The van der Waals surface area contributed by atoms with Gasteiger partial charge in [-0.2, -0.15) is 21.0 Å². The van der Waals surface area contributed by atoms with E-state index in [4.69, 9.17) is 26.8 Å². The Morgan fingerprint density at radius 2 is 1.24 bits per heavy atom. The van der Waals surface area contributed by atoms with Gasteiger partial charge >= 0.3 is 0 Å². The van der Waals surface area contributed by atoms with Crippen molar-refractivity contribution in [2.24, 2.45) is 0 Å². The predicted molar refractivity (Wildman–Crippen MR) is 59.3 cm³/mol. The first-order valence-corrected chi connectivity index (χ1v) is 4.43. The van der Waals surface area contributed by atoms with Crippen LogP contribution in [-0.4, -0.2) is 7.05 Å². The third-order valence-electron chi connectivity index (χ3n) is 2.24. The van der Waals surface area contributed by atoms with Crippen LogP contribution < -0.4 is 11.1 Å². The summed E-state index contributed by atoms with van der Waals surface area (Å²) in [5.41, 5.74) is 5.47. The van der Waals surface area contributed by atoms with Crippen molar-refractivity contribution in [3.63, 3.8) is 0 Å². The van der Waals surface area contributed by atoms with Gasteiger partial charge in [0.05, 0.1) is 33.6 Å². The lowest BCUT2D eigenvalue weighted by atomic mass is 9.94. The zero-order valence-corrected chi connectivity index (χ0v) is 8.87. The van der Waals surface area contributed by atoms with E-state index in [-0.39, 0.29) is 33.6 Å². The van der Waals surface area contributed by atoms with Gasteiger partial charge in [-0.15, -0.1) is 0 Å². The van der Waals surface area contributed by atoms with E-state index in [0.717, 1.165) is 0 Å². The Balaban J connectivity index is 4.00. The maximum absolute atomic E-state index is 8.98. The molecule has 0 amide bonds. The van der Waals surface area contributed by atoms with Crippen molar-refractivity contribution in [3.05, 3.63) is 22.3 Å². The van der Waals surface area contributed by atoms with Crippen molar-refractivity contribution < 1.29 is 0 Å². The number of anilines is 2. The highest BCUT2D eigenvalue weighted by molar-refractivity contribution is 5.85. The molecule has 0 fully saturated rings. The van der Waals surface area contributed by atoms with E-state index in [9.17, 15) is 0 Å². The van der Waals surface area contributed by atoms with Crippen LogP contribution in [0.5, 0.6) is 0 Å². The number of hydrogen-bond donors (Lipinski definition) is 2. The molecular formula is C11H6N6. The highest BCUT2D eigenvalue weighted by Gasteiger charge is 2.21. The van der Waals surface area contributed by atoms with Crippen LogP contribution in [0, 0.1) is 45.3 Å². The van der Waals surface area contributed by atoms with Crippen molar-refractivity contribution in [1.29, 1.82) is 21.0 Å². The summed E-state index contributed by atoms with van der Waals surface area (Å²) in [5, 5.41) is 38.5. The summed E-state index contributed by atoms with van der Waals surface area (Å²) in [6.07, 6.45) is 0. The van der Waals surface area contributed by atoms with Gasteiger partial charge in [-0.25, -0.2) is 0 Å². The summed E-state index contributed by atoms with van der Waals surface area (Å²) in [6, 6.07) is 7.05. The van der Waals surface area contributed by atoms with Crippen molar-refractivity contribution in [2.75, 3.05) is 18.1 Å². The zero-order valence-electron chi connectivity index (χ0n) is 8.87. The van der Waals surface area contributed by atoms with E-state index in [0.29, 0.717) is 0 Å². The van der Waals surface area contributed by atoms with Gasteiger partial charge < -0.3 is 11.1 Å². The largest absolute Gasteiger partial charge is 0.396 e. The lowest BCUT2D eigenvalue weighted by molar-refractivity contribution is 1.35. The number of benzene rings is 1. The number of hydrogen-bond acceptors (Lipinski definition) is 6. The smallest absolute Gasteiger partial charge is 0.103 e. The fourth-order valence-corrected chi connectivity index (χ4v) is 1.48. The average Bonchev–Trinajstić information content (AvgIpc) is 2.36. The molecule has 1 aromatic carbocycles. The summed E-state index contributed by atoms with van der Waals surface area (Å²) in [4.78, 5) is 0. The minimum atomic E-state index is -0.164. The molecule has 17 heavy (non-hydrogen) atoms. The predicted octanol–water partition coefficient (Wildman–Crippen LogP) is 0.797. The minimum Gasteiger partial charge on any atom is -0.396 e. The van der Waals surface area contributed by atoms with Gasteiger partial charge in [0.1, 0.15) is 24.3 Å². The fourth-order valence-electron chi connectivity index (χ4n) is 1.48. The second-order valence-corrected chi connectivity index (χ2v) is 2.99. The zero-order chi connectivity index (χ0) is 13.0. The van der Waals surface area contributed by atoms with Gasteiger partial charge in [-0.05, 0) is 0 Å². The average molecular weight is 222 g/mol. The van der Waals surface area contributed by atoms with Crippen molar-refractivity contribution >= 4 is 11.4 Å². The van der Waals surface area contributed by atoms with Crippen LogP contribution >= 0.6 is 0 Å². The molecule has 0 saturated carbocycles. The molecule has 0 bridgehead atoms. The van der Waals surface area contributed by atoms with Crippen molar-refractivity contribution in [2.45, 2.75) is 0 Å². The SMILES string of the molecule is CNc1c(N)c(C#N)c(C#N)c(C#N)c1C#N. The molecule has 0 radical (unpaired) electrons. The highest BCUT2D eigenvalue weighted by Crippen LogP contribution is 2.32. The Morgan fingerprint density at radius 3 is 1.59 bits per heavy atom. The molecule has 0 spiro atoms. The Labute approximate surface area is 97.7 Å². The molecule has 0 atom stereocenters. The topological polar surface area (TPSA) is 133 Å². The maximum atomic E-state index is 8.98. The summed E-state index contributed by atoms with van der Waals surface area (Å²) in [5.74, 6) is 0. The van der Waals surface area contributed by atoms with Crippen LogP contribution in [0.2, 0.25) is 0 Å². The molecule has 0 aromatic heterocycles. The van der Waals surface area contributed by atoms with Crippen LogP contribution in [0.4, 0.5) is 11.4 Å². The van der Waals surface area contributed by atoms with Crippen molar-refractivity contribution in [1.82, 2.24) is 0 Å². The third-order valence-corrected chi connectivity index (χ3v) is 2.24. The van der Waals surface area contributed by atoms with Crippen LogP contribution in [0.1, 0.15) is 22.3 Å². The van der Waals surface area contributed by atoms with Crippen LogP contribution in [0.15, 0.2) is 0 Å². The van der Waals surface area contributed by atoms with Gasteiger partial charge in [0, 0.05) is 7.05 Å². The van der Waals surface area contributed by atoms with Crippen LogP contribution in [-0.2, 0) is 0 Å². The normalized spacial score (nSPS) is 8.29. The molecule has 0 aliphatic carbocycles. The molecule has 1 aromatic rings. The molecule has 6 nitrogen and oxygen atoms in total. The lowest BCUT2D eigenvalue weighted by Gasteiger charge is -2.11. The summed E-state index contributed by atoms with van der Waals surface area (Å²) >= 11 is 0. The third kappa shape index (κ3) is 1.57. The van der Waals surface area contributed by atoms with E-state index in [1.807, 2.05) is 6.07 Å². The lowest BCUT2D eigenvalue weighted by Crippen LogP contribution is -2.07. The molecule has 0 aliphatic heterocycles. The molecule has 80 valence electrons. The Morgan fingerprint density at radius 1 is 0.824 bits per heavy atom. The second kappa shape index (κ2) is 4.53. The highest BCUT2D eigenvalue weighted by atomic mass is 14.9. The monoisotopic (exact) mass is 222 g/mol. The molecule has 0 saturated heterocycles. The minimum absolute atomic E-state index is 0.00194. The van der Waals surface area contributed by atoms with Gasteiger partial charge in [0.2, 0.25) is 0 Å². The molecule has 1 rings (SSSR count). The van der Waals surface area contributed by atoms with E-state index in [2.05, 4.69) is 5.32 Å². The van der Waals surface area contributed by atoms with Gasteiger partial charge in [-0.1, -0.05) is 0 Å². The van der Waals surface area contributed by atoms with E-state index >= 15 is 0 Å². The van der Waals surface area contributed by atoms with Crippen molar-refractivity contribution in [3.8, 4) is 24.3 Å². The quantitative estimate of drug-likeness (QED) is 0.675. The molecular weight excluding hydrogens is 216 g/mol. The first kappa shape index (κ1) is 11.9. The maximum Gasteiger partial charge on any atom is 0.103 e. The van der Waals surface area contributed by atoms with Gasteiger partial charge in [0.25, 0.3) is 0 Å². The van der Waals surface area contributed by atoms with Crippen LogP contribution in [0.25, 0.3) is 0 Å². The Bertz CT molecular complexity index is 645. The van der Waals surface area contributed by atoms with Gasteiger partial charge in [-0.3, -0.25) is 0 Å². The molecule has 6 heteroatoms. The first-order valence-electron chi connectivity index (χ1n) is 4.43. The summed E-state index contributed by atoms with van der Waals surface area (Å²) < 4.78 is 0. The van der Waals surface area contributed by atoms with E-state index < -0.39 is 0 Å². The van der Waals surface area contributed by atoms with E-state index in [1.54, 1.807) is 18.2 Å². The number of nitrogens with two attached hydrogens (primary N) is 1. The number of rotatable bonds is 1. The first-order chi connectivity index (χ1) is 8.15. The van der Waals surface area contributed by atoms with E-state index in [1.165, 1.54) is 7.05 Å². The number of nitrogens with one attached hydrogen (secondary N) is 1. The van der Waals surface area contributed by atoms with Crippen LogP contribution in [0.3, 0.4) is 0 Å². The molecule has 0 aliphatic rings. The second-order valence-electron chi connectivity index (χ2n) is 2.99. The number of nitrogen functional groups attached to an aromatic ring is 1. The summed E-state index contributed by atoms with van der Waals surface area (Å²) in [7, 11) is 1.51. The number of nitriles is 4. The number of nitrogens with zero attached hydrogens (tertiary/aromatic N) is 4. The standard InChI is InChI=1S/C11H6N6/c1-17-11-9(5-15)7(3-13)6(2-12)8(4-14)10(11)16/h17H,16H2,1H3. The Hall–Kier alpha value is -3.22. The molecule has 0 unspecified atom stereocenters. The fraction of sp³-hybridized carbons (Fsp3) is 0.0909. The summed E-state index contributed by atoms with van der Waals surface area (Å²) in [6.45, 7) is 0. The Kier molecular flexibility index (Phi) is 3.16.